The van der Waals surface area contributed by atoms with E-state index in [1.807, 2.05) is 6.92 Å². The van der Waals surface area contributed by atoms with Gasteiger partial charge in [-0.05, 0) is 24.6 Å². The Balaban J connectivity index is 0.000000487. The predicted molar refractivity (Wildman–Crippen MR) is 63.0 cm³/mol. The van der Waals surface area contributed by atoms with Crippen LogP contribution in [0, 0.1) is 12.7 Å². The van der Waals surface area contributed by atoms with E-state index < -0.39 is 0 Å². The monoisotopic (exact) mass is 227 g/mol. The number of aliphatic hydroxyl groups excluding tert-OH is 1. The lowest BCUT2D eigenvalue weighted by Gasteiger charge is -2.03. The highest BCUT2D eigenvalue weighted by Crippen LogP contribution is 2.15. The van der Waals surface area contributed by atoms with E-state index >= 15 is 0 Å². The first-order valence-corrected chi connectivity index (χ1v) is 4.95. The van der Waals surface area contributed by atoms with Crippen LogP contribution in [0.3, 0.4) is 0 Å². The minimum Gasteiger partial charge on any atom is -0.489 e. The molecule has 4 heteroatoms. The van der Waals surface area contributed by atoms with E-state index in [0.717, 1.165) is 5.56 Å². The zero-order valence-corrected chi connectivity index (χ0v) is 9.45. The van der Waals surface area contributed by atoms with Crippen LogP contribution in [0.4, 0.5) is 4.39 Å². The molecule has 90 valence electrons. The maximum absolute atomic E-state index is 12.7. The largest absolute Gasteiger partial charge is 0.489 e. The first kappa shape index (κ1) is 14.6. The van der Waals surface area contributed by atoms with Gasteiger partial charge in [0.1, 0.15) is 18.2 Å². The quantitative estimate of drug-likeness (QED) is 0.769. The van der Waals surface area contributed by atoms with Crippen molar-refractivity contribution in [1.82, 2.24) is 0 Å². The minimum atomic E-state index is -0.269. The normalized spacial score (nSPS) is 9.00. The van der Waals surface area contributed by atoms with Crippen LogP contribution < -0.4 is 10.5 Å². The predicted octanol–water partition coefficient (Wildman–Crippen LogP) is 1.64. The van der Waals surface area contributed by atoms with Gasteiger partial charge in [-0.1, -0.05) is 12.7 Å². The summed E-state index contributed by atoms with van der Waals surface area (Å²) >= 11 is 0. The molecule has 1 aromatic rings. The average molecular weight is 227 g/mol. The van der Waals surface area contributed by atoms with Crippen LogP contribution in [0.5, 0.6) is 5.75 Å². The summed E-state index contributed by atoms with van der Waals surface area (Å²) in [5.74, 6) is 0.279. The standard InChI is InChI=1S/C10H11FO.C2H7NO/c1-3-4-12-10-6-8(2)5-9(11)7-10;3-1-2-4/h3,5-7H,1,4H2,2H3;4H,1-3H2. The van der Waals surface area contributed by atoms with Gasteiger partial charge in [-0.25, -0.2) is 4.39 Å². The summed E-state index contributed by atoms with van der Waals surface area (Å²) in [6.07, 6.45) is 1.63. The topological polar surface area (TPSA) is 55.5 Å². The summed E-state index contributed by atoms with van der Waals surface area (Å²) in [4.78, 5) is 0. The summed E-state index contributed by atoms with van der Waals surface area (Å²) in [5.41, 5.74) is 5.63. The minimum absolute atomic E-state index is 0.0972. The van der Waals surface area contributed by atoms with Gasteiger partial charge >= 0.3 is 0 Å². The van der Waals surface area contributed by atoms with E-state index in [1.54, 1.807) is 12.1 Å². The van der Waals surface area contributed by atoms with E-state index in [2.05, 4.69) is 6.58 Å². The Morgan fingerprint density at radius 3 is 2.56 bits per heavy atom. The van der Waals surface area contributed by atoms with Crippen LogP contribution in [0.1, 0.15) is 5.56 Å². The van der Waals surface area contributed by atoms with Crippen molar-refractivity contribution < 1.29 is 14.2 Å². The lowest BCUT2D eigenvalue weighted by atomic mass is 10.2. The number of ether oxygens (including phenoxy) is 1. The molecule has 0 aliphatic rings. The van der Waals surface area contributed by atoms with Crippen molar-refractivity contribution >= 4 is 0 Å². The van der Waals surface area contributed by atoms with Crippen molar-refractivity contribution in [3.05, 3.63) is 42.2 Å². The third-order valence-electron chi connectivity index (χ3n) is 1.51. The Morgan fingerprint density at radius 1 is 1.50 bits per heavy atom. The van der Waals surface area contributed by atoms with Crippen molar-refractivity contribution in [3.8, 4) is 5.75 Å². The second-order valence-corrected chi connectivity index (χ2v) is 3.08. The van der Waals surface area contributed by atoms with Gasteiger partial charge in [0, 0.05) is 12.6 Å². The molecule has 0 bridgehead atoms. The van der Waals surface area contributed by atoms with Crippen LogP contribution in [-0.2, 0) is 0 Å². The number of rotatable bonds is 4. The second kappa shape index (κ2) is 8.88. The van der Waals surface area contributed by atoms with Gasteiger partial charge in [0.2, 0.25) is 0 Å². The number of aryl methyl sites for hydroxylation is 1. The van der Waals surface area contributed by atoms with Gasteiger partial charge in [0.15, 0.2) is 0 Å². The van der Waals surface area contributed by atoms with Crippen LogP contribution in [0.15, 0.2) is 30.9 Å². The Hall–Kier alpha value is -1.39. The lowest BCUT2D eigenvalue weighted by molar-refractivity contribution is 0.306. The van der Waals surface area contributed by atoms with Crippen molar-refractivity contribution in [2.75, 3.05) is 19.8 Å². The number of halogens is 1. The molecule has 0 amide bonds. The van der Waals surface area contributed by atoms with Gasteiger partial charge in [-0.15, -0.1) is 0 Å². The Kier molecular flexibility index (Phi) is 8.11. The molecule has 0 unspecified atom stereocenters. The summed E-state index contributed by atoms with van der Waals surface area (Å²) in [6.45, 7) is 6.20. The SMILES string of the molecule is C=CCOc1cc(C)cc(F)c1.NCCO. The van der Waals surface area contributed by atoms with Gasteiger partial charge in [0.25, 0.3) is 0 Å². The lowest BCUT2D eigenvalue weighted by Crippen LogP contribution is -2.02. The summed E-state index contributed by atoms with van der Waals surface area (Å²) in [5, 5.41) is 7.75. The van der Waals surface area contributed by atoms with E-state index in [4.69, 9.17) is 15.6 Å². The highest BCUT2D eigenvalue weighted by Gasteiger charge is 1.96. The first-order chi connectivity index (χ1) is 7.63. The van der Waals surface area contributed by atoms with E-state index in [0.29, 0.717) is 18.9 Å². The fourth-order valence-corrected chi connectivity index (χ4v) is 0.941. The van der Waals surface area contributed by atoms with Crippen molar-refractivity contribution in [2.24, 2.45) is 5.73 Å². The Morgan fingerprint density at radius 2 is 2.12 bits per heavy atom. The van der Waals surface area contributed by atoms with E-state index in [9.17, 15) is 4.39 Å². The van der Waals surface area contributed by atoms with Crippen molar-refractivity contribution in [1.29, 1.82) is 0 Å². The maximum atomic E-state index is 12.7. The molecule has 0 aliphatic carbocycles. The number of aliphatic hydroxyl groups is 1. The molecule has 1 rings (SSSR count). The molecule has 0 aliphatic heterocycles. The van der Waals surface area contributed by atoms with Gasteiger partial charge in [-0.2, -0.15) is 0 Å². The molecule has 3 nitrogen and oxygen atoms in total. The van der Waals surface area contributed by atoms with Crippen molar-refractivity contribution in [3.63, 3.8) is 0 Å². The summed E-state index contributed by atoms with van der Waals surface area (Å²) in [7, 11) is 0. The molecule has 0 heterocycles. The summed E-state index contributed by atoms with van der Waals surface area (Å²) in [6, 6.07) is 4.60. The van der Waals surface area contributed by atoms with Crippen molar-refractivity contribution in [2.45, 2.75) is 6.92 Å². The Labute approximate surface area is 95.4 Å². The average Bonchev–Trinajstić information content (AvgIpc) is 2.25. The first-order valence-electron chi connectivity index (χ1n) is 4.95. The molecule has 1 aromatic carbocycles. The zero-order valence-electron chi connectivity index (χ0n) is 9.45. The van der Waals surface area contributed by atoms with Gasteiger partial charge in [-0.3, -0.25) is 0 Å². The smallest absolute Gasteiger partial charge is 0.127 e. The van der Waals surface area contributed by atoms with Crippen LogP contribution >= 0.6 is 0 Å². The summed E-state index contributed by atoms with van der Waals surface area (Å²) < 4.78 is 17.9. The Bertz CT molecular complexity index is 294. The molecule has 0 saturated heterocycles. The molecule has 3 N–H and O–H groups in total. The number of nitrogens with two attached hydrogens (primary N) is 1. The molecular formula is C12H18FNO2. The number of benzene rings is 1. The molecule has 0 saturated carbocycles. The van der Waals surface area contributed by atoms with Gasteiger partial charge < -0.3 is 15.6 Å². The maximum Gasteiger partial charge on any atom is 0.127 e. The molecular weight excluding hydrogens is 209 g/mol. The fraction of sp³-hybridized carbons (Fsp3) is 0.333. The van der Waals surface area contributed by atoms with E-state index in [1.165, 1.54) is 12.1 Å². The van der Waals surface area contributed by atoms with Crippen LogP contribution in [0.2, 0.25) is 0 Å². The molecule has 16 heavy (non-hydrogen) atoms. The molecule has 0 aromatic heterocycles. The number of hydrogen-bond acceptors (Lipinski definition) is 3. The second-order valence-electron chi connectivity index (χ2n) is 3.08. The highest BCUT2D eigenvalue weighted by atomic mass is 19.1. The molecule has 0 spiro atoms. The van der Waals surface area contributed by atoms with E-state index in [-0.39, 0.29) is 12.4 Å². The molecule has 0 radical (unpaired) electrons. The van der Waals surface area contributed by atoms with Crippen LogP contribution in [0.25, 0.3) is 0 Å². The molecule has 0 fully saturated rings. The highest BCUT2D eigenvalue weighted by molar-refractivity contribution is 5.28. The van der Waals surface area contributed by atoms with Crippen LogP contribution in [-0.4, -0.2) is 24.9 Å². The third kappa shape index (κ3) is 6.98. The van der Waals surface area contributed by atoms with Gasteiger partial charge in [0.05, 0.1) is 6.61 Å². The fourth-order valence-electron chi connectivity index (χ4n) is 0.941. The zero-order chi connectivity index (χ0) is 12.4. The third-order valence-corrected chi connectivity index (χ3v) is 1.51. The molecule has 0 atom stereocenters. The number of hydrogen-bond donors (Lipinski definition) is 2.